The maximum atomic E-state index is 12.6. The monoisotopic (exact) mass is 377 g/mol. The first-order chi connectivity index (χ1) is 13.8. The summed E-state index contributed by atoms with van der Waals surface area (Å²) < 4.78 is 5.43. The van der Waals surface area contributed by atoms with Crippen LogP contribution in [0.3, 0.4) is 0 Å². The molecule has 2 N–H and O–H groups in total. The van der Waals surface area contributed by atoms with Gasteiger partial charge in [-0.2, -0.15) is 0 Å². The molecule has 2 aliphatic heterocycles. The van der Waals surface area contributed by atoms with Crippen molar-refractivity contribution in [1.29, 1.82) is 0 Å². The van der Waals surface area contributed by atoms with Gasteiger partial charge in [-0.25, -0.2) is 0 Å². The van der Waals surface area contributed by atoms with Crippen LogP contribution >= 0.6 is 0 Å². The van der Waals surface area contributed by atoms with E-state index in [1.807, 2.05) is 12.1 Å². The lowest BCUT2D eigenvalue weighted by Gasteiger charge is -2.26. The first-order valence-corrected chi connectivity index (χ1v) is 10.4. The Morgan fingerprint density at radius 3 is 2.82 bits per heavy atom. The van der Waals surface area contributed by atoms with Crippen LogP contribution in [0.25, 0.3) is 11.6 Å². The largest absolute Gasteiger partial charge is 0.379 e. The van der Waals surface area contributed by atoms with Crippen molar-refractivity contribution < 1.29 is 9.53 Å². The number of rotatable bonds is 4. The molecule has 5 heteroatoms. The molecule has 0 saturated carbocycles. The van der Waals surface area contributed by atoms with Crippen molar-refractivity contribution in [2.45, 2.75) is 32.1 Å². The van der Waals surface area contributed by atoms with Gasteiger partial charge in [0, 0.05) is 42.3 Å². The molecule has 146 valence electrons. The Balaban J connectivity index is 1.37. The van der Waals surface area contributed by atoms with Crippen LogP contribution in [0.2, 0.25) is 0 Å². The van der Waals surface area contributed by atoms with Gasteiger partial charge < -0.3 is 15.0 Å². The predicted molar refractivity (Wildman–Crippen MR) is 111 cm³/mol. The summed E-state index contributed by atoms with van der Waals surface area (Å²) in [5.41, 5.74) is 7.79. The van der Waals surface area contributed by atoms with Crippen molar-refractivity contribution in [2.75, 3.05) is 38.2 Å². The second kappa shape index (κ2) is 7.57. The molecule has 0 unspecified atom stereocenters. The number of morpholine rings is 1. The van der Waals surface area contributed by atoms with E-state index >= 15 is 0 Å². The van der Waals surface area contributed by atoms with Gasteiger partial charge in [0.05, 0.1) is 18.8 Å². The number of hydrogen-bond donors (Lipinski definition) is 2. The highest BCUT2D eigenvalue weighted by Crippen LogP contribution is 2.34. The van der Waals surface area contributed by atoms with Gasteiger partial charge in [0.25, 0.3) is 5.91 Å². The predicted octanol–water partition coefficient (Wildman–Crippen LogP) is 3.26. The van der Waals surface area contributed by atoms with Gasteiger partial charge in [-0.3, -0.25) is 9.69 Å². The first kappa shape index (κ1) is 17.7. The zero-order chi connectivity index (χ0) is 18.9. The lowest BCUT2D eigenvalue weighted by atomic mass is 9.98. The van der Waals surface area contributed by atoms with Crippen molar-refractivity contribution >= 4 is 23.2 Å². The molecule has 0 atom stereocenters. The minimum absolute atomic E-state index is 0.00657. The van der Waals surface area contributed by atoms with Crippen LogP contribution in [-0.2, 0) is 28.8 Å². The highest BCUT2D eigenvalue weighted by molar-refractivity contribution is 6.34. The maximum Gasteiger partial charge on any atom is 0.256 e. The van der Waals surface area contributed by atoms with Crippen LogP contribution in [0.15, 0.2) is 24.3 Å². The smallest absolute Gasteiger partial charge is 0.256 e. The lowest BCUT2D eigenvalue weighted by Crippen LogP contribution is -2.37. The Labute approximate surface area is 165 Å². The fraction of sp³-hybridized carbons (Fsp3) is 0.435. The number of H-pyrrole nitrogens is 1. The van der Waals surface area contributed by atoms with Gasteiger partial charge in [0.1, 0.15) is 0 Å². The van der Waals surface area contributed by atoms with E-state index < -0.39 is 0 Å². The fourth-order valence-electron chi connectivity index (χ4n) is 4.51. The summed E-state index contributed by atoms with van der Waals surface area (Å²) in [5.74, 6) is -0.00657. The normalized spacial score (nSPS) is 20.9. The standard InChI is InChI=1S/C23H27N3O2/c27-23-20(15-18-14-17-3-1-2-4-21(17)24-18)19-13-16(5-6-22(19)25-23)7-8-26-9-11-28-12-10-26/h5-6,13-15,24H,1-4,7-12H2,(H,25,27). The molecular formula is C23H27N3O2. The second-order valence-electron chi connectivity index (χ2n) is 8.03. The molecule has 0 spiro atoms. The molecule has 5 rings (SSSR count). The quantitative estimate of drug-likeness (QED) is 0.804. The average Bonchev–Trinajstić information content (AvgIpc) is 3.27. The second-order valence-corrected chi connectivity index (χ2v) is 8.03. The number of anilines is 1. The molecule has 1 fully saturated rings. The Morgan fingerprint density at radius 2 is 1.96 bits per heavy atom. The fourth-order valence-corrected chi connectivity index (χ4v) is 4.51. The zero-order valence-electron chi connectivity index (χ0n) is 16.2. The number of nitrogens with one attached hydrogen (secondary N) is 2. The van der Waals surface area contributed by atoms with Gasteiger partial charge in [-0.1, -0.05) is 6.07 Å². The van der Waals surface area contributed by atoms with Gasteiger partial charge in [-0.05, 0) is 67.5 Å². The molecule has 1 aromatic heterocycles. The minimum Gasteiger partial charge on any atom is -0.379 e. The molecule has 3 heterocycles. The molecule has 1 aromatic carbocycles. The number of fused-ring (bicyclic) bond motifs is 2. The van der Waals surface area contributed by atoms with Gasteiger partial charge in [0.2, 0.25) is 0 Å². The Morgan fingerprint density at radius 1 is 1.11 bits per heavy atom. The number of aryl methyl sites for hydroxylation is 2. The number of aromatic amines is 1. The van der Waals surface area contributed by atoms with E-state index in [9.17, 15) is 4.79 Å². The number of nitrogens with zero attached hydrogens (tertiary/aromatic N) is 1. The molecule has 5 nitrogen and oxygen atoms in total. The van der Waals surface area contributed by atoms with Crippen LogP contribution in [0, 0.1) is 0 Å². The number of aromatic nitrogens is 1. The topological polar surface area (TPSA) is 57.4 Å². The lowest BCUT2D eigenvalue weighted by molar-refractivity contribution is -0.110. The molecule has 2 aromatic rings. The summed E-state index contributed by atoms with van der Waals surface area (Å²) in [5, 5.41) is 3.01. The summed E-state index contributed by atoms with van der Waals surface area (Å²) in [4.78, 5) is 18.5. The van der Waals surface area contributed by atoms with E-state index in [0.29, 0.717) is 0 Å². The molecule has 1 amide bonds. The minimum atomic E-state index is -0.00657. The summed E-state index contributed by atoms with van der Waals surface area (Å²) in [6.07, 6.45) is 7.78. The van der Waals surface area contributed by atoms with Crippen molar-refractivity contribution in [3.8, 4) is 0 Å². The summed E-state index contributed by atoms with van der Waals surface area (Å²) >= 11 is 0. The third-order valence-electron chi connectivity index (χ3n) is 6.12. The third-order valence-corrected chi connectivity index (χ3v) is 6.12. The van der Waals surface area contributed by atoms with Crippen LogP contribution in [0.1, 0.15) is 40.9 Å². The SMILES string of the molecule is O=C1Nc2ccc(CCN3CCOCC3)cc2C1=Cc1cc2c([nH]1)CCCC2. The van der Waals surface area contributed by atoms with E-state index in [1.165, 1.54) is 29.7 Å². The Bertz CT molecular complexity index is 898. The third kappa shape index (κ3) is 3.52. The van der Waals surface area contributed by atoms with Crippen molar-refractivity contribution in [3.05, 3.63) is 52.3 Å². The number of benzene rings is 1. The highest BCUT2D eigenvalue weighted by atomic mass is 16.5. The number of amides is 1. The molecule has 0 radical (unpaired) electrons. The molecule has 0 bridgehead atoms. The van der Waals surface area contributed by atoms with Gasteiger partial charge in [0.15, 0.2) is 0 Å². The molecular weight excluding hydrogens is 350 g/mol. The van der Waals surface area contributed by atoms with Crippen LogP contribution in [0.4, 0.5) is 5.69 Å². The first-order valence-electron chi connectivity index (χ1n) is 10.4. The summed E-state index contributed by atoms with van der Waals surface area (Å²) in [6.45, 7) is 4.71. The van der Waals surface area contributed by atoms with Crippen LogP contribution in [0.5, 0.6) is 0 Å². The maximum absolute atomic E-state index is 12.6. The van der Waals surface area contributed by atoms with E-state index in [4.69, 9.17) is 4.74 Å². The molecule has 1 saturated heterocycles. The molecule has 1 aliphatic carbocycles. The summed E-state index contributed by atoms with van der Waals surface area (Å²) in [6, 6.07) is 8.58. The zero-order valence-corrected chi connectivity index (χ0v) is 16.2. The van der Waals surface area contributed by atoms with E-state index in [-0.39, 0.29) is 5.91 Å². The number of hydrogen-bond acceptors (Lipinski definition) is 3. The van der Waals surface area contributed by atoms with Crippen LogP contribution < -0.4 is 5.32 Å². The number of carbonyl (C=O) groups is 1. The van der Waals surface area contributed by atoms with E-state index in [0.717, 1.165) is 74.6 Å². The molecule has 28 heavy (non-hydrogen) atoms. The van der Waals surface area contributed by atoms with E-state index in [2.05, 4.69) is 33.4 Å². The average molecular weight is 377 g/mol. The van der Waals surface area contributed by atoms with Crippen LogP contribution in [-0.4, -0.2) is 48.6 Å². The van der Waals surface area contributed by atoms with Crippen molar-refractivity contribution in [2.24, 2.45) is 0 Å². The summed E-state index contributed by atoms with van der Waals surface area (Å²) in [7, 11) is 0. The van der Waals surface area contributed by atoms with Gasteiger partial charge >= 0.3 is 0 Å². The number of carbonyl (C=O) groups excluding carboxylic acids is 1. The Kier molecular flexibility index (Phi) is 4.79. The van der Waals surface area contributed by atoms with Crippen molar-refractivity contribution in [3.63, 3.8) is 0 Å². The van der Waals surface area contributed by atoms with Crippen molar-refractivity contribution in [1.82, 2.24) is 9.88 Å². The highest BCUT2D eigenvalue weighted by Gasteiger charge is 2.25. The molecule has 3 aliphatic rings. The van der Waals surface area contributed by atoms with Gasteiger partial charge in [-0.15, -0.1) is 0 Å². The number of ether oxygens (including phenoxy) is 1. The Hall–Kier alpha value is -2.37. The van der Waals surface area contributed by atoms with E-state index in [1.54, 1.807) is 0 Å².